The van der Waals surface area contributed by atoms with Gasteiger partial charge in [0.15, 0.2) is 0 Å². The summed E-state index contributed by atoms with van der Waals surface area (Å²) in [5, 5.41) is 6.85. The molecule has 0 fully saturated rings. The quantitative estimate of drug-likeness (QED) is 0.600. The summed E-state index contributed by atoms with van der Waals surface area (Å²) in [6, 6.07) is 0. The zero-order chi connectivity index (χ0) is 14.1. The second-order valence-electron chi connectivity index (χ2n) is 6.23. The summed E-state index contributed by atoms with van der Waals surface area (Å²) in [6.07, 6.45) is 12.7. The average Bonchev–Trinajstić information content (AvgIpc) is 2.82. The molecule has 0 amide bonds. The third kappa shape index (κ3) is 5.42. The Hall–Kier alpha value is -0.730. The number of nitrogens with two attached hydrogens (primary N) is 1. The smallest absolute Gasteiger partial charge is 0.121 e. The SMILES string of the molecule is CCCCCCC(C)(CCCCC)N1CCC(N)=N1. The second kappa shape index (κ2) is 8.44. The van der Waals surface area contributed by atoms with Gasteiger partial charge >= 0.3 is 0 Å². The summed E-state index contributed by atoms with van der Waals surface area (Å²) in [7, 11) is 0. The molecule has 19 heavy (non-hydrogen) atoms. The van der Waals surface area contributed by atoms with Crippen molar-refractivity contribution in [1.29, 1.82) is 0 Å². The van der Waals surface area contributed by atoms with Gasteiger partial charge in [-0.3, -0.25) is 5.01 Å². The lowest BCUT2D eigenvalue weighted by molar-refractivity contribution is 0.0962. The normalized spacial score (nSPS) is 18.5. The van der Waals surface area contributed by atoms with Crippen LogP contribution >= 0.6 is 0 Å². The third-order valence-electron chi connectivity index (χ3n) is 4.34. The van der Waals surface area contributed by atoms with Crippen molar-refractivity contribution in [3.63, 3.8) is 0 Å². The molecule has 3 nitrogen and oxygen atoms in total. The molecule has 0 aromatic carbocycles. The first-order chi connectivity index (χ1) is 9.12. The largest absolute Gasteiger partial charge is 0.386 e. The van der Waals surface area contributed by atoms with Gasteiger partial charge < -0.3 is 5.73 Å². The molecule has 1 rings (SSSR count). The van der Waals surface area contributed by atoms with Gasteiger partial charge in [0.05, 0.1) is 5.54 Å². The first-order valence-electron chi connectivity index (χ1n) is 8.23. The van der Waals surface area contributed by atoms with Crippen molar-refractivity contribution in [2.75, 3.05) is 6.54 Å². The van der Waals surface area contributed by atoms with E-state index in [1.54, 1.807) is 0 Å². The number of hydrazone groups is 1. The molecular formula is C16H33N3. The van der Waals surface area contributed by atoms with Crippen LogP contribution in [0.15, 0.2) is 5.10 Å². The van der Waals surface area contributed by atoms with Crippen molar-refractivity contribution in [3.05, 3.63) is 0 Å². The van der Waals surface area contributed by atoms with Crippen molar-refractivity contribution >= 4 is 5.84 Å². The molecule has 0 saturated heterocycles. The minimum Gasteiger partial charge on any atom is -0.386 e. The fourth-order valence-corrected chi connectivity index (χ4v) is 2.94. The lowest BCUT2D eigenvalue weighted by Crippen LogP contribution is -2.42. The van der Waals surface area contributed by atoms with Crippen LogP contribution in [0.4, 0.5) is 0 Å². The monoisotopic (exact) mass is 267 g/mol. The molecule has 2 N–H and O–H groups in total. The minimum atomic E-state index is 0.226. The van der Waals surface area contributed by atoms with E-state index in [4.69, 9.17) is 5.73 Å². The molecular weight excluding hydrogens is 234 g/mol. The van der Waals surface area contributed by atoms with Crippen molar-refractivity contribution in [1.82, 2.24) is 5.01 Å². The molecule has 0 aromatic rings. The topological polar surface area (TPSA) is 41.6 Å². The van der Waals surface area contributed by atoms with Gasteiger partial charge in [-0.2, -0.15) is 5.10 Å². The first kappa shape index (κ1) is 16.3. The molecule has 0 radical (unpaired) electrons. The minimum absolute atomic E-state index is 0.226. The summed E-state index contributed by atoms with van der Waals surface area (Å²) in [5.74, 6) is 0.815. The Morgan fingerprint density at radius 3 is 2.16 bits per heavy atom. The lowest BCUT2D eigenvalue weighted by atomic mass is 9.87. The Morgan fingerprint density at radius 1 is 1.05 bits per heavy atom. The second-order valence-corrected chi connectivity index (χ2v) is 6.23. The van der Waals surface area contributed by atoms with Crippen LogP contribution in [0.25, 0.3) is 0 Å². The lowest BCUT2D eigenvalue weighted by Gasteiger charge is -2.38. The highest BCUT2D eigenvalue weighted by Gasteiger charge is 2.32. The van der Waals surface area contributed by atoms with Crippen LogP contribution in [0.2, 0.25) is 0 Å². The Bertz CT molecular complexity index is 275. The molecule has 1 heterocycles. The fourth-order valence-electron chi connectivity index (χ4n) is 2.94. The van der Waals surface area contributed by atoms with Crippen molar-refractivity contribution in [2.24, 2.45) is 10.8 Å². The Balaban J connectivity index is 2.50. The standard InChI is InChI=1S/C16H33N3/c1-4-6-8-10-13-16(3,12-9-7-5-2)19-14-11-15(17)18-19/h4-14H2,1-3H3,(H2,17,18). The molecule has 1 aliphatic heterocycles. The van der Waals surface area contributed by atoms with E-state index in [1.165, 1.54) is 57.8 Å². The van der Waals surface area contributed by atoms with Crippen molar-refractivity contribution in [2.45, 2.75) is 90.5 Å². The maximum atomic E-state index is 5.86. The molecule has 112 valence electrons. The first-order valence-corrected chi connectivity index (χ1v) is 8.23. The highest BCUT2D eigenvalue weighted by atomic mass is 15.5. The van der Waals surface area contributed by atoms with E-state index in [9.17, 15) is 0 Å². The number of rotatable bonds is 10. The molecule has 1 unspecified atom stereocenters. The van der Waals surface area contributed by atoms with Crippen molar-refractivity contribution < 1.29 is 0 Å². The highest BCUT2D eigenvalue weighted by molar-refractivity contribution is 5.81. The molecule has 0 saturated carbocycles. The molecule has 1 aliphatic rings. The summed E-state index contributed by atoms with van der Waals surface area (Å²) in [4.78, 5) is 0. The molecule has 0 aromatic heterocycles. The maximum absolute atomic E-state index is 5.86. The zero-order valence-corrected chi connectivity index (χ0v) is 13.2. The predicted molar refractivity (Wildman–Crippen MR) is 84.3 cm³/mol. The molecule has 1 atom stereocenters. The number of nitrogens with zero attached hydrogens (tertiary/aromatic N) is 2. The number of hydrogen-bond acceptors (Lipinski definition) is 3. The van der Waals surface area contributed by atoms with E-state index in [-0.39, 0.29) is 5.54 Å². The van der Waals surface area contributed by atoms with Gasteiger partial charge in [0, 0.05) is 13.0 Å². The van der Waals surface area contributed by atoms with Crippen LogP contribution in [0.5, 0.6) is 0 Å². The van der Waals surface area contributed by atoms with E-state index < -0.39 is 0 Å². The summed E-state index contributed by atoms with van der Waals surface area (Å²) >= 11 is 0. The zero-order valence-electron chi connectivity index (χ0n) is 13.2. The summed E-state index contributed by atoms with van der Waals surface area (Å²) in [6.45, 7) is 7.94. The van der Waals surface area contributed by atoms with Crippen LogP contribution < -0.4 is 5.73 Å². The van der Waals surface area contributed by atoms with E-state index in [2.05, 4.69) is 30.9 Å². The third-order valence-corrected chi connectivity index (χ3v) is 4.34. The van der Waals surface area contributed by atoms with Crippen molar-refractivity contribution in [3.8, 4) is 0 Å². The van der Waals surface area contributed by atoms with Crippen LogP contribution in [0.1, 0.15) is 85.0 Å². The van der Waals surface area contributed by atoms with Gasteiger partial charge in [-0.25, -0.2) is 0 Å². The molecule has 0 bridgehead atoms. The Morgan fingerprint density at radius 2 is 1.63 bits per heavy atom. The summed E-state index contributed by atoms with van der Waals surface area (Å²) in [5.41, 5.74) is 6.09. The molecule has 0 aliphatic carbocycles. The van der Waals surface area contributed by atoms with Gasteiger partial charge in [-0.15, -0.1) is 0 Å². The molecule has 0 spiro atoms. The van der Waals surface area contributed by atoms with E-state index in [0.29, 0.717) is 0 Å². The van der Waals surface area contributed by atoms with Gasteiger partial charge in [0.2, 0.25) is 0 Å². The number of amidine groups is 1. The summed E-state index contributed by atoms with van der Waals surface area (Å²) < 4.78 is 0. The fraction of sp³-hybridized carbons (Fsp3) is 0.938. The van der Waals surface area contributed by atoms with E-state index >= 15 is 0 Å². The van der Waals surface area contributed by atoms with Gasteiger partial charge in [-0.05, 0) is 19.8 Å². The van der Waals surface area contributed by atoms with E-state index in [0.717, 1.165) is 18.8 Å². The highest BCUT2D eigenvalue weighted by Crippen LogP contribution is 2.31. The van der Waals surface area contributed by atoms with Gasteiger partial charge in [0.25, 0.3) is 0 Å². The Labute approximate surface area is 119 Å². The van der Waals surface area contributed by atoms with Gasteiger partial charge in [0.1, 0.15) is 5.84 Å². The van der Waals surface area contributed by atoms with E-state index in [1.807, 2.05) is 0 Å². The van der Waals surface area contributed by atoms with Crippen LogP contribution in [-0.2, 0) is 0 Å². The number of hydrogen-bond donors (Lipinski definition) is 1. The maximum Gasteiger partial charge on any atom is 0.121 e. The molecule has 3 heteroatoms. The Kier molecular flexibility index (Phi) is 7.25. The predicted octanol–water partition coefficient (Wildman–Crippen LogP) is 4.27. The average molecular weight is 267 g/mol. The van der Waals surface area contributed by atoms with Gasteiger partial charge in [-0.1, -0.05) is 58.8 Å². The van der Waals surface area contributed by atoms with Crippen LogP contribution in [0.3, 0.4) is 0 Å². The van der Waals surface area contributed by atoms with Crippen LogP contribution in [-0.4, -0.2) is 22.9 Å². The van der Waals surface area contributed by atoms with Crippen LogP contribution in [0, 0.1) is 0 Å². The number of unbranched alkanes of at least 4 members (excludes halogenated alkanes) is 5.